The van der Waals surface area contributed by atoms with Crippen molar-refractivity contribution in [1.29, 1.82) is 0 Å². The Hall–Kier alpha value is -5.87. The van der Waals surface area contributed by atoms with E-state index in [2.05, 4.69) is 97.8 Å². The summed E-state index contributed by atoms with van der Waals surface area (Å²) in [4.78, 5) is 91.0. The predicted molar refractivity (Wildman–Crippen MR) is 320 cm³/mol. The molecule has 0 aliphatic carbocycles. The number of hydrogen-bond acceptors (Lipinski definition) is 19. The fraction of sp³-hybridized carbons (Fsp3) is 0.633. The Bertz CT molecular complexity index is 2100. The number of methoxy groups -OCH3 is 1. The molecule has 21 heteroatoms. The molecule has 1 fully saturated rings. The van der Waals surface area contributed by atoms with Gasteiger partial charge in [-0.1, -0.05) is 80.2 Å². The van der Waals surface area contributed by atoms with Crippen LogP contribution in [0.4, 0.5) is 0 Å². The van der Waals surface area contributed by atoms with E-state index < -0.39 is 26.6 Å². The number of allylic oxidation sites excluding steroid dienone is 2. The Morgan fingerprint density at radius 2 is 0.975 bits per heavy atom. The van der Waals surface area contributed by atoms with E-state index in [0.717, 1.165) is 51.9 Å². The topological polar surface area (TPSA) is 268 Å². The van der Waals surface area contributed by atoms with Crippen molar-refractivity contribution >= 4 is 57.4 Å². The first-order valence-electron chi connectivity index (χ1n) is 26.9. The predicted octanol–water partition coefficient (Wildman–Crippen LogP) is 9.10. The van der Waals surface area contributed by atoms with Gasteiger partial charge in [0.1, 0.15) is 29.9 Å². The summed E-state index contributed by atoms with van der Waals surface area (Å²) in [5, 5.41) is 3.21. The average Bonchev–Trinajstić information content (AvgIpc) is 3.78. The number of Topliss-reactive ketones (excluding diaryl/α,β-unsaturated/α-hetero) is 2. The van der Waals surface area contributed by atoms with E-state index in [0.29, 0.717) is 92.4 Å². The third kappa shape index (κ3) is 55.8. The molecule has 1 saturated heterocycles. The van der Waals surface area contributed by atoms with Crippen LogP contribution in [0, 0.1) is 0 Å². The van der Waals surface area contributed by atoms with Crippen molar-refractivity contribution in [3.8, 4) is 0 Å². The zero-order valence-electron chi connectivity index (χ0n) is 52.6. The maximum atomic E-state index is 11.2. The molecule has 1 aliphatic heterocycles. The number of likely N-dealkylation sites (tertiary alicyclic amines) is 1. The van der Waals surface area contributed by atoms with E-state index >= 15 is 0 Å². The Balaban J connectivity index is -0.000000204. The molecule has 0 aromatic carbocycles. The SMILES string of the molecule is C=C(C)C(=O)CC(C)(C)S(=O)(=O)[O-].C=C(C)C(=O)CCOC.C=C(C)C(=O)OCCC.C=C(C)C(=O)OCCCC.C=C(C)C(=O)OCCN(CC)CC.C=C(C)C(=O)OCCN1CCCC1=O.C=C(C)C(=O)OCCNC(C)(C)C. The van der Waals surface area contributed by atoms with Gasteiger partial charge in [0.05, 0.1) is 31.1 Å². The number of hydrogen-bond donors (Lipinski definition) is 1. The molecule has 81 heavy (non-hydrogen) atoms. The number of amides is 1. The van der Waals surface area contributed by atoms with E-state index in [1.165, 1.54) is 20.8 Å². The Labute approximate surface area is 487 Å². The largest absolute Gasteiger partial charge is 0.748 e. The lowest BCUT2D eigenvalue weighted by Gasteiger charge is -2.27. The van der Waals surface area contributed by atoms with Gasteiger partial charge in [0.15, 0.2) is 11.6 Å². The van der Waals surface area contributed by atoms with Crippen LogP contribution >= 0.6 is 0 Å². The van der Waals surface area contributed by atoms with Gasteiger partial charge in [0.25, 0.3) is 0 Å². The Morgan fingerprint density at radius 3 is 1.30 bits per heavy atom. The molecule has 1 rings (SSSR count). The van der Waals surface area contributed by atoms with Crippen LogP contribution in [-0.2, 0) is 76.9 Å². The molecule has 0 saturated carbocycles. The summed E-state index contributed by atoms with van der Waals surface area (Å²) >= 11 is 0. The van der Waals surface area contributed by atoms with Crippen LogP contribution in [0.5, 0.6) is 0 Å². The lowest BCUT2D eigenvalue weighted by atomic mass is 10.0. The molecule has 0 unspecified atom stereocenters. The number of carbonyl (C=O) groups excluding carboxylic acids is 8. The van der Waals surface area contributed by atoms with Crippen LogP contribution in [0.15, 0.2) is 85.1 Å². The van der Waals surface area contributed by atoms with Crippen LogP contribution in [0.2, 0.25) is 0 Å². The minimum Gasteiger partial charge on any atom is -0.748 e. The van der Waals surface area contributed by atoms with Crippen LogP contribution in [0.25, 0.3) is 0 Å². The zero-order valence-corrected chi connectivity index (χ0v) is 53.4. The molecular formula is C60H104N3O17S-. The Morgan fingerprint density at radius 1 is 0.580 bits per heavy atom. The summed E-state index contributed by atoms with van der Waals surface area (Å²) in [7, 11) is -2.87. The van der Waals surface area contributed by atoms with Gasteiger partial charge in [-0.05, 0) is 127 Å². The van der Waals surface area contributed by atoms with Gasteiger partial charge in [-0.2, -0.15) is 0 Å². The molecule has 0 bridgehead atoms. The second-order valence-electron chi connectivity index (χ2n) is 20.2. The number of unbranched alkanes of at least 4 members (excludes halogenated alkanes) is 1. The van der Waals surface area contributed by atoms with Crippen LogP contribution in [0.1, 0.15) is 156 Å². The van der Waals surface area contributed by atoms with Crippen LogP contribution in [0.3, 0.4) is 0 Å². The second-order valence-corrected chi connectivity index (χ2v) is 22.2. The minimum atomic E-state index is -4.44. The van der Waals surface area contributed by atoms with Crippen molar-refractivity contribution in [3.05, 3.63) is 85.1 Å². The molecule has 1 amide bonds. The van der Waals surface area contributed by atoms with Crippen LogP contribution < -0.4 is 5.32 Å². The molecule has 0 spiro atoms. The van der Waals surface area contributed by atoms with Crippen LogP contribution in [-0.4, -0.2) is 166 Å². The molecule has 20 nitrogen and oxygen atoms in total. The molecule has 468 valence electrons. The smallest absolute Gasteiger partial charge is 0.333 e. The minimum absolute atomic E-state index is 0.0651. The van der Waals surface area contributed by atoms with Crippen molar-refractivity contribution in [2.24, 2.45) is 0 Å². The first-order valence-corrected chi connectivity index (χ1v) is 28.3. The maximum Gasteiger partial charge on any atom is 0.333 e. The summed E-state index contributed by atoms with van der Waals surface area (Å²) in [6.45, 7) is 59.7. The van der Waals surface area contributed by atoms with Crippen molar-refractivity contribution in [2.75, 3.05) is 86.0 Å². The van der Waals surface area contributed by atoms with Gasteiger partial charge in [-0.3, -0.25) is 14.4 Å². The standard InChI is InChI=1S/C10H15NO3.2C10H19NO2.C8H14O4S.C8H14O2.2C7H12O2/c1-8(2)10(13)14-7-6-11-5-3-4-9(11)12;1-8(2)9(12)13-7-6-11-10(3,4)5;1-5-11(6-2)7-8-13-10(12)9(3)4;1-6(2)7(9)5-8(3,4)13(10,11)12;1-4-5-6-10-8(9)7(2)3;1-6(2)7(8)4-5-9-3;1-4-5-9-7(8)6(2)3/h1,3-7H2,2H3;11H,1,6-7H2,2-5H3;3,5-8H2,1-2,4H3;1,5H2,2-4H3,(H,10,11,12);2,4-6H2,1,3H3;1,4-5H2,2-3H3;2,4-5H2,1,3H3/p-1. The van der Waals surface area contributed by atoms with Gasteiger partial charge in [0, 0.05) is 79.4 Å². The van der Waals surface area contributed by atoms with Gasteiger partial charge in [0.2, 0.25) is 5.91 Å². The van der Waals surface area contributed by atoms with E-state index in [1.54, 1.807) is 53.6 Å². The van der Waals surface area contributed by atoms with Gasteiger partial charge < -0.3 is 48.1 Å². The first-order chi connectivity index (χ1) is 37.2. The van der Waals surface area contributed by atoms with Gasteiger partial charge in [-0.25, -0.2) is 32.4 Å². The second kappa shape index (κ2) is 49.9. The zero-order chi connectivity index (χ0) is 64.7. The van der Waals surface area contributed by atoms with Crippen molar-refractivity contribution in [3.63, 3.8) is 0 Å². The molecule has 1 heterocycles. The number of nitrogens with one attached hydrogen (secondary N) is 1. The van der Waals surface area contributed by atoms with Crippen molar-refractivity contribution < 1.29 is 79.7 Å². The van der Waals surface area contributed by atoms with Gasteiger partial charge >= 0.3 is 29.8 Å². The first kappa shape index (κ1) is 86.4. The molecule has 0 atom stereocenters. The van der Waals surface area contributed by atoms with E-state index in [1.807, 2.05) is 6.92 Å². The summed E-state index contributed by atoms with van der Waals surface area (Å²) in [6, 6.07) is 0. The molecule has 0 radical (unpaired) electrons. The summed E-state index contributed by atoms with van der Waals surface area (Å²) in [6.07, 6.45) is 4.50. The average molecular weight is 1170 g/mol. The highest BCUT2D eigenvalue weighted by atomic mass is 32.2. The highest BCUT2D eigenvalue weighted by Crippen LogP contribution is 2.21. The number of esters is 5. The molecular weight excluding hydrogens is 1070 g/mol. The maximum absolute atomic E-state index is 11.2. The molecule has 0 aromatic heterocycles. The van der Waals surface area contributed by atoms with E-state index in [-0.39, 0.29) is 59.7 Å². The number of rotatable bonds is 29. The molecule has 1 aliphatic rings. The summed E-state index contributed by atoms with van der Waals surface area (Å²) < 4.78 is 59.4. The number of likely N-dealkylation sites (N-methyl/N-ethyl adjacent to an activating group) is 1. The summed E-state index contributed by atoms with van der Waals surface area (Å²) in [5.74, 6) is -1.76. The number of nitrogens with zero attached hydrogens (tertiary/aromatic N) is 2. The monoisotopic (exact) mass is 1170 g/mol. The fourth-order valence-corrected chi connectivity index (χ4v) is 5.03. The fourth-order valence-electron chi connectivity index (χ4n) is 4.72. The third-order valence-electron chi connectivity index (χ3n) is 9.95. The van der Waals surface area contributed by atoms with Gasteiger partial charge in [-0.15, -0.1) is 0 Å². The van der Waals surface area contributed by atoms with E-state index in [4.69, 9.17) is 28.4 Å². The highest BCUT2D eigenvalue weighted by Gasteiger charge is 2.29. The quantitative estimate of drug-likeness (QED) is 0.0240. The normalized spacial score (nSPS) is 11.2. The number of ether oxygens (including phenoxy) is 6. The highest BCUT2D eigenvalue weighted by molar-refractivity contribution is 7.87. The lowest BCUT2D eigenvalue weighted by molar-refractivity contribution is -0.141. The third-order valence-corrected chi connectivity index (χ3v) is 11.4. The summed E-state index contributed by atoms with van der Waals surface area (Å²) in [5.41, 5.74) is 3.15. The van der Waals surface area contributed by atoms with Crippen molar-refractivity contribution in [1.82, 2.24) is 15.1 Å². The Kier molecular flexibility index (Phi) is 53.2. The lowest BCUT2D eigenvalue weighted by Crippen LogP contribution is -2.38. The van der Waals surface area contributed by atoms with Crippen molar-refractivity contribution in [2.45, 2.75) is 166 Å². The van der Waals surface area contributed by atoms with E-state index in [9.17, 15) is 51.3 Å². The molecule has 1 N–H and O–H groups in total. The number of ketones is 2. The molecule has 0 aromatic rings. The number of carbonyl (C=O) groups is 8.